The van der Waals surface area contributed by atoms with Crippen LogP contribution >= 0.6 is 0 Å². The van der Waals surface area contributed by atoms with Crippen LogP contribution in [0.25, 0.3) is 0 Å². The predicted octanol–water partition coefficient (Wildman–Crippen LogP) is 2.53. The average Bonchev–Trinajstić information content (AvgIpc) is 2.24. The largest absolute Gasteiger partial charge is 0.411 e. The Morgan fingerprint density at radius 2 is 1.88 bits per heavy atom. The van der Waals surface area contributed by atoms with Crippen molar-refractivity contribution in [1.29, 1.82) is 0 Å². The van der Waals surface area contributed by atoms with Gasteiger partial charge in [0.15, 0.2) is 0 Å². The van der Waals surface area contributed by atoms with Gasteiger partial charge in [-0.25, -0.2) is 0 Å². The first-order valence-corrected chi connectivity index (χ1v) is 4.89. The van der Waals surface area contributed by atoms with E-state index in [-0.39, 0.29) is 12.6 Å². The minimum Gasteiger partial charge on any atom is -0.370 e. The Bertz CT molecular complexity index is 300. The zero-order valence-corrected chi connectivity index (χ0v) is 8.92. The minimum atomic E-state index is -4.27. The lowest BCUT2D eigenvalue weighted by Gasteiger charge is -2.17. The molecular formula is C11H14F3NO. The van der Waals surface area contributed by atoms with Crippen molar-refractivity contribution in [2.24, 2.45) is 0 Å². The van der Waals surface area contributed by atoms with E-state index in [0.29, 0.717) is 0 Å². The molecule has 2 nitrogen and oxygen atoms in total. The van der Waals surface area contributed by atoms with E-state index in [2.05, 4.69) is 10.1 Å². The van der Waals surface area contributed by atoms with E-state index in [1.165, 1.54) is 0 Å². The van der Waals surface area contributed by atoms with Crippen LogP contribution in [0, 0.1) is 0 Å². The van der Waals surface area contributed by atoms with Crippen molar-refractivity contribution in [2.75, 3.05) is 20.3 Å². The minimum absolute atomic E-state index is 0.0000231. The first-order chi connectivity index (χ1) is 7.53. The first-order valence-electron chi connectivity index (χ1n) is 4.89. The van der Waals surface area contributed by atoms with Gasteiger partial charge in [-0.15, -0.1) is 0 Å². The van der Waals surface area contributed by atoms with E-state index in [1.807, 2.05) is 30.3 Å². The summed E-state index contributed by atoms with van der Waals surface area (Å²) in [7, 11) is 1.69. The molecule has 0 heterocycles. The fourth-order valence-corrected chi connectivity index (χ4v) is 1.32. The van der Waals surface area contributed by atoms with Crippen LogP contribution < -0.4 is 5.32 Å². The van der Waals surface area contributed by atoms with Crippen molar-refractivity contribution in [3.05, 3.63) is 35.9 Å². The van der Waals surface area contributed by atoms with E-state index >= 15 is 0 Å². The summed E-state index contributed by atoms with van der Waals surface area (Å²) >= 11 is 0. The Morgan fingerprint density at radius 3 is 2.38 bits per heavy atom. The van der Waals surface area contributed by atoms with Crippen molar-refractivity contribution in [3.8, 4) is 0 Å². The van der Waals surface area contributed by atoms with Gasteiger partial charge >= 0.3 is 6.18 Å². The molecule has 0 radical (unpaired) electrons. The lowest BCUT2D eigenvalue weighted by molar-refractivity contribution is -0.175. The van der Waals surface area contributed by atoms with Gasteiger partial charge in [0.2, 0.25) is 0 Å². The normalized spacial score (nSPS) is 13.8. The Hall–Kier alpha value is -1.07. The summed E-state index contributed by atoms with van der Waals surface area (Å²) in [4.78, 5) is 0. The standard InChI is InChI=1S/C11H14F3NO/c1-15-10(7-16-8-11(12,13)14)9-5-3-2-4-6-9/h2-6,10,15H,7-8H2,1H3. The molecule has 1 aromatic rings. The number of hydrogen-bond donors (Lipinski definition) is 1. The third-order valence-corrected chi connectivity index (χ3v) is 2.10. The lowest BCUT2D eigenvalue weighted by Crippen LogP contribution is -2.25. The van der Waals surface area contributed by atoms with Crippen LogP contribution in [0.4, 0.5) is 13.2 Å². The van der Waals surface area contributed by atoms with Gasteiger partial charge < -0.3 is 10.1 Å². The smallest absolute Gasteiger partial charge is 0.370 e. The quantitative estimate of drug-likeness (QED) is 0.843. The zero-order chi connectivity index (χ0) is 12.0. The lowest BCUT2D eigenvalue weighted by atomic mass is 10.1. The van der Waals surface area contributed by atoms with Gasteiger partial charge in [-0.3, -0.25) is 0 Å². The summed E-state index contributed by atoms with van der Waals surface area (Å²) in [5, 5.41) is 2.91. The second kappa shape index (κ2) is 5.86. The van der Waals surface area contributed by atoms with E-state index in [1.54, 1.807) is 7.05 Å². The molecule has 0 aromatic heterocycles. The van der Waals surface area contributed by atoms with Gasteiger partial charge in [-0.1, -0.05) is 30.3 Å². The van der Waals surface area contributed by atoms with Crippen LogP contribution in [0.3, 0.4) is 0 Å². The van der Waals surface area contributed by atoms with Crippen LogP contribution in [-0.4, -0.2) is 26.4 Å². The van der Waals surface area contributed by atoms with Crippen molar-refractivity contribution >= 4 is 0 Å². The number of likely N-dealkylation sites (N-methyl/N-ethyl adjacent to an activating group) is 1. The van der Waals surface area contributed by atoms with E-state index in [0.717, 1.165) is 5.56 Å². The van der Waals surface area contributed by atoms with Gasteiger partial charge in [0, 0.05) is 0 Å². The molecule has 1 rings (SSSR count). The molecule has 0 bridgehead atoms. The molecule has 16 heavy (non-hydrogen) atoms. The molecule has 0 spiro atoms. The summed E-state index contributed by atoms with van der Waals surface area (Å²) in [5.41, 5.74) is 0.909. The summed E-state index contributed by atoms with van der Waals surface area (Å²) in [6, 6.07) is 9.00. The molecule has 0 fully saturated rings. The summed E-state index contributed by atoms with van der Waals surface area (Å²) in [5.74, 6) is 0. The number of halogens is 3. The Morgan fingerprint density at radius 1 is 1.25 bits per heavy atom. The van der Waals surface area contributed by atoms with E-state index in [4.69, 9.17) is 0 Å². The third kappa shape index (κ3) is 4.63. The number of alkyl halides is 3. The monoisotopic (exact) mass is 233 g/mol. The van der Waals surface area contributed by atoms with Gasteiger partial charge in [-0.05, 0) is 12.6 Å². The SMILES string of the molecule is CNC(COCC(F)(F)F)c1ccccc1. The van der Waals surface area contributed by atoms with Crippen LogP contribution in [0.5, 0.6) is 0 Å². The number of benzene rings is 1. The van der Waals surface area contributed by atoms with Crippen LogP contribution in [0.15, 0.2) is 30.3 Å². The predicted molar refractivity (Wildman–Crippen MR) is 55.1 cm³/mol. The van der Waals surface area contributed by atoms with Crippen LogP contribution in [-0.2, 0) is 4.74 Å². The fourth-order valence-electron chi connectivity index (χ4n) is 1.32. The first kappa shape index (κ1) is 13.0. The second-order valence-corrected chi connectivity index (χ2v) is 3.38. The Kier molecular flexibility index (Phi) is 4.76. The molecule has 90 valence electrons. The second-order valence-electron chi connectivity index (χ2n) is 3.38. The molecule has 0 aliphatic carbocycles. The van der Waals surface area contributed by atoms with Crippen molar-refractivity contribution in [1.82, 2.24) is 5.32 Å². The summed E-state index contributed by atoms with van der Waals surface area (Å²) in [6.07, 6.45) is -4.27. The number of hydrogen-bond acceptors (Lipinski definition) is 2. The highest BCUT2D eigenvalue weighted by Gasteiger charge is 2.27. The molecule has 5 heteroatoms. The van der Waals surface area contributed by atoms with Gasteiger partial charge in [0.05, 0.1) is 12.6 Å². The molecule has 0 aliphatic heterocycles. The number of nitrogens with one attached hydrogen (secondary N) is 1. The molecular weight excluding hydrogens is 219 g/mol. The van der Waals surface area contributed by atoms with Gasteiger partial charge in [0.1, 0.15) is 6.61 Å². The van der Waals surface area contributed by atoms with E-state index in [9.17, 15) is 13.2 Å². The van der Waals surface area contributed by atoms with Crippen LogP contribution in [0.2, 0.25) is 0 Å². The molecule has 1 N–H and O–H groups in total. The molecule has 1 aromatic carbocycles. The molecule has 1 atom stereocenters. The third-order valence-electron chi connectivity index (χ3n) is 2.10. The fraction of sp³-hybridized carbons (Fsp3) is 0.455. The maximum Gasteiger partial charge on any atom is 0.411 e. The van der Waals surface area contributed by atoms with Gasteiger partial charge in [-0.2, -0.15) is 13.2 Å². The number of rotatable bonds is 5. The molecule has 0 saturated carbocycles. The summed E-state index contributed by atoms with van der Waals surface area (Å²) < 4.78 is 40.2. The molecule has 0 aliphatic rings. The van der Waals surface area contributed by atoms with E-state index < -0.39 is 12.8 Å². The highest BCUT2D eigenvalue weighted by molar-refractivity contribution is 5.18. The average molecular weight is 233 g/mol. The molecule has 0 amide bonds. The molecule has 1 unspecified atom stereocenters. The Balaban J connectivity index is 2.45. The number of ether oxygens (including phenoxy) is 1. The van der Waals surface area contributed by atoms with Crippen molar-refractivity contribution < 1.29 is 17.9 Å². The Labute approximate surface area is 92.4 Å². The maximum absolute atomic E-state index is 11.9. The summed E-state index contributed by atoms with van der Waals surface area (Å²) in [6.45, 7) is -1.21. The zero-order valence-electron chi connectivity index (χ0n) is 8.92. The van der Waals surface area contributed by atoms with Crippen LogP contribution in [0.1, 0.15) is 11.6 Å². The van der Waals surface area contributed by atoms with Gasteiger partial charge in [0.25, 0.3) is 0 Å². The topological polar surface area (TPSA) is 21.3 Å². The maximum atomic E-state index is 11.9. The van der Waals surface area contributed by atoms with Crippen molar-refractivity contribution in [2.45, 2.75) is 12.2 Å². The highest BCUT2D eigenvalue weighted by Crippen LogP contribution is 2.17. The highest BCUT2D eigenvalue weighted by atomic mass is 19.4. The van der Waals surface area contributed by atoms with Crippen molar-refractivity contribution in [3.63, 3.8) is 0 Å². The molecule has 0 saturated heterocycles.